The molecule has 9 heteroatoms. The summed E-state index contributed by atoms with van der Waals surface area (Å²) in [6.07, 6.45) is 0.335. The summed E-state index contributed by atoms with van der Waals surface area (Å²) in [5.74, 6) is -3.93. The van der Waals surface area contributed by atoms with Gasteiger partial charge in [0.15, 0.2) is 0 Å². The molecule has 2 fully saturated rings. The van der Waals surface area contributed by atoms with Gasteiger partial charge >= 0.3 is 0 Å². The van der Waals surface area contributed by atoms with E-state index in [9.17, 15) is 23.2 Å². The second-order valence-electron chi connectivity index (χ2n) is 7.80. The van der Waals surface area contributed by atoms with E-state index >= 15 is 0 Å². The molecule has 2 heterocycles. The second-order valence-corrected chi connectivity index (χ2v) is 8.24. The van der Waals surface area contributed by atoms with Gasteiger partial charge in [-0.15, -0.1) is 0 Å². The third-order valence-electron chi connectivity index (χ3n) is 5.54. The van der Waals surface area contributed by atoms with E-state index in [0.29, 0.717) is 23.8 Å². The number of imide groups is 1. The van der Waals surface area contributed by atoms with Crippen LogP contribution in [0.2, 0.25) is 5.02 Å². The highest BCUT2D eigenvalue weighted by Gasteiger charge is 2.34. The van der Waals surface area contributed by atoms with E-state index in [0.717, 1.165) is 5.56 Å². The number of anilines is 1. The van der Waals surface area contributed by atoms with E-state index in [1.54, 1.807) is 29.2 Å². The number of halogens is 3. The fraction of sp³-hybridized carbons (Fsp3) is 0.318. The summed E-state index contributed by atoms with van der Waals surface area (Å²) in [7, 11) is 0. The molecule has 0 aliphatic carbocycles. The molecule has 31 heavy (non-hydrogen) atoms. The Kier molecular flexibility index (Phi) is 5.91. The third-order valence-corrected chi connectivity index (χ3v) is 5.79. The Balaban J connectivity index is 1.35. The van der Waals surface area contributed by atoms with Gasteiger partial charge in [-0.1, -0.05) is 23.7 Å². The molecule has 3 amide bonds. The molecule has 0 saturated carbocycles. The lowest BCUT2D eigenvalue weighted by atomic mass is 9.89. The molecule has 6 nitrogen and oxygen atoms in total. The predicted molar refractivity (Wildman–Crippen MR) is 111 cm³/mol. The second kappa shape index (κ2) is 8.63. The number of carbonyl (C=O) groups is 3. The normalized spacial score (nSPS) is 19.1. The predicted octanol–water partition coefficient (Wildman–Crippen LogP) is 2.69. The molecule has 0 bridgehead atoms. The molecule has 2 saturated heterocycles. The molecule has 4 rings (SSSR count). The van der Waals surface area contributed by atoms with Crippen LogP contribution in [0.25, 0.3) is 0 Å². The minimum atomic E-state index is -1.02. The largest absolute Gasteiger partial charge is 0.367 e. The van der Waals surface area contributed by atoms with Crippen molar-refractivity contribution in [3.8, 4) is 0 Å². The molecule has 2 aliphatic heterocycles. The number of amides is 3. The molecule has 1 atom stereocenters. The fourth-order valence-corrected chi connectivity index (χ4v) is 4.03. The van der Waals surface area contributed by atoms with Gasteiger partial charge in [0, 0.05) is 35.8 Å². The Labute approximate surface area is 182 Å². The van der Waals surface area contributed by atoms with Gasteiger partial charge in [-0.3, -0.25) is 19.7 Å². The van der Waals surface area contributed by atoms with Crippen molar-refractivity contribution in [3.05, 3.63) is 64.2 Å². The van der Waals surface area contributed by atoms with E-state index in [1.807, 2.05) is 0 Å². The first kappa shape index (κ1) is 21.2. The van der Waals surface area contributed by atoms with Crippen molar-refractivity contribution < 1.29 is 23.2 Å². The number of hydrogen-bond acceptors (Lipinski definition) is 4. The molecular formula is C22H20ClF2N3O3. The Hall–Kier alpha value is -3.00. The molecule has 0 spiro atoms. The van der Waals surface area contributed by atoms with Crippen LogP contribution in [0.4, 0.5) is 14.5 Å². The number of carbonyl (C=O) groups excluding carboxylic acids is 3. The summed E-state index contributed by atoms with van der Waals surface area (Å²) < 4.78 is 29.3. The Morgan fingerprint density at radius 1 is 1.13 bits per heavy atom. The molecule has 0 radical (unpaired) electrons. The van der Waals surface area contributed by atoms with Crippen LogP contribution < -0.4 is 15.5 Å². The van der Waals surface area contributed by atoms with E-state index in [-0.39, 0.29) is 36.8 Å². The zero-order chi connectivity index (χ0) is 22.1. The number of nitrogens with zero attached hydrogens (tertiary/aromatic N) is 1. The maximum absolute atomic E-state index is 14.7. The van der Waals surface area contributed by atoms with Gasteiger partial charge in [0.1, 0.15) is 11.6 Å². The third kappa shape index (κ3) is 4.69. The zero-order valence-corrected chi connectivity index (χ0v) is 17.2. The van der Waals surface area contributed by atoms with Gasteiger partial charge in [-0.05, 0) is 36.2 Å². The van der Waals surface area contributed by atoms with Gasteiger partial charge in [-0.25, -0.2) is 8.78 Å². The number of piperidine rings is 1. The average Bonchev–Trinajstić information content (AvgIpc) is 2.67. The average molecular weight is 448 g/mol. The van der Waals surface area contributed by atoms with Gasteiger partial charge in [0.2, 0.25) is 17.7 Å². The van der Waals surface area contributed by atoms with Crippen molar-refractivity contribution in [1.82, 2.24) is 10.6 Å². The highest BCUT2D eigenvalue weighted by atomic mass is 35.5. The highest BCUT2D eigenvalue weighted by molar-refractivity contribution is 6.30. The summed E-state index contributed by atoms with van der Waals surface area (Å²) in [6, 6.07) is 9.26. The van der Waals surface area contributed by atoms with Crippen molar-refractivity contribution in [2.75, 3.05) is 18.0 Å². The maximum atomic E-state index is 14.7. The van der Waals surface area contributed by atoms with E-state index in [4.69, 9.17) is 11.6 Å². The number of nitrogens with one attached hydrogen (secondary N) is 2. The zero-order valence-electron chi connectivity index (χ0n) is 16.5. The number of rotatable bonds is 5. The smallest absolute Gasteiger partial charge is 0.234 e. The van der Waals surface area contributed by atoms with Crippen molar-refractivity contribution >= 4 is 35.0 Å². The lowest BCUT2D eigenvalue weighted by molar-refractivity contribution is -0.134. The van der Waals surface area contributed by atoms with E-state index in [2.05, 4.69) is 10.6 Å². The topological polar surface area (TPSA) is 78.5 Å². The molecule has 2 aromatic rings. The van der Waals surface area contributed by atoms with Crippen LogP contribution in [0.1, 0.15) is 29.9 Å². The molecule has 0 aromatic heterocycles. The monoisotopic (exact) mass is 447 g/mol. The van der Waals surface area contributed by atoms with Crippen LogP contribution in [-0.2, 0) is 20.8 Å². The molecule has 2 aliphatic rings. The quantitative estimate of drug-likeness (QED) is 0.691. The fourth-order valence-electron chi connectivity index (χ4n) is 3.90. The molecule has 162 valence electrons. The van der Waals surface area contributed by atoms with Crippen molar-refractivity contribution in [2.45, 2.75) is 31.2 Å². The van der Waals surface area contributed by atoms with Crippen LogP contribution in [0.3, 0.4) is 0 Å². The van der Waals surface area contributed by atoms with Crippen LogP contribution in [0.5, 0.6) is 0 Å². The minimum Gasteiger partial charge on any atom is -0.367 e. The molecule has 2 N–H and O–H groups in total. The van der Waals surface area contributed by atoms with Gasteiger partial charge < -0.3 is 10.2 Å². The number of benzene rings is 2. The van der Waals surface area contributed by atoms with Crippen LogP contribution in [0.15, 0.2) is 36.4 Å². The van der Waals surface area contributed by atoms with Crippen molar-refractivity contribution in [3.63, 3.8) is 0 Å². The van der Waals surface area contributed by atoms with Crippen molar-refractivity contribution in [1.29, 1.82) is 0 Å². The maximum Gasteiger partial charge on any atom is 0.234 e. The summed E-state index contributed by atoms with van der Waals surface area (Å²) in [4.78, 5) is 37.2. The molecular weight excluding hydrogens is 428 g/mol. The van der Waals surface area contributed by atoms with Crippen molar-refractivity contribution in [2.24, 2.45) is 0 Å². The number of hydrogen-bond donors (Lipinski definition) is 2. The highest BCUT2D eigenvalue weighted by Crippen LogP contribution is 2.33. The molecule has 1 unspecified atom stereocenters. The van der Waals surface area contributed by atoms with Gasteiger partial charge in [-0.2, -0.15) is 0 Å². The molecule has 2 aromatic carbocycles. The lowest BCUT2D eigenvalue weighted by Gasteiger charge is -2.41. The van der Waals surface area contributed by atoms with E-state index in [1.165, 1.54) is 12.1 Å². The van der Waals surface area contributed by atoms with Gasteiger partial charge in [0.25, 0.3) is 0 Å². The van der Waals surface area contributed by atoms with Crippen LogP contribution >= 0.6 is 11.6 Å². The first-order valence-electron chi connectivity index (χ1n) is 9.91. The van der Waals surface area contributed by atoms with Crippen LogP contribution in [0, 0.1) is 11.6 Å². The van der Waals surface area contributed by atoms with Crippen LogP contribution in [-0.4, -0.2) is 36.9 Å². The first-order chi connectivity index (χ1) is 14.8. The van der Waals surface area contributed by atoms with Gasteiger partial charge in [0.05, 0.1) is 18.4 Å². The first-order valence-corrected chi connectivity index (χ1v) is 10.3. The summed E-state index contributed by atoms with van der Waals surface area (Å²) in [5, 5.41) is 5.61. The Morgan fingerprint density at radius 3 is 2.39 bits per heavy atom. The standard InChI is InChI=1S/C22H20ClF2N3O3/c23-13-3-1-12(2-4-13)7-20(30)26-14-10-28(11-14)15-8-17(24)21(18(25)9-15)16-5-6-19(29)27-22(16)31/h1-4,8-9,14,16H,5-7,10-11H2,(H,26,30)(H,27,29,31). The summed E-state index contributed by atoms with van der Waals surface area (Å²) in [6.45, 7) is 0.839. The SMILES string of the molecule is O=C1CCC(c2c(F)cc(N3CC(NC(=O)Cc4ccc(Cl)cc4)C3)cc2F)C(=O)N1. The van der Waals surface area contributed by atoms with E-state index < -0.39 is 29.4 Å². The lowest BCUT2D eigenvalue weighted by Crippen LogP contribution is -2.59. The Bertz CT molecular complexity index is 1020. The summed E-state index contributed by atoms with van der Waals surface area (Å²) >= 11 is 5.83. The Morgan fingerprint density at radius 2 is 1.77 bits per heavy atom. The summed E-state index contributed by atoms with van der Waals surface area (Å²) in [5.41, 5.74) is 0.864. The minimum absolute atomic E-state index is 0.0422.